The number of rotatable bonds is 9. The van der Waals surface area contributed by atoms with E-state index < -0.39 is 0 Å². The second-order valence-corrected chi connectivity index (χ2v) is 10.8. The smallest absolute Gasteiger partial charge is 0.247 e. The van der Waals surface area contributed by atoms with Crippen LogP contribution in [-0.2, 0) is 27.3 Å². The molecule has 2 amide bonds. The van der Waals surface area contributed by atoms with Crippen molar-refractivity contribution in [2.75, 3.05) is 30.1 Å². The molecule has 1 aliphatic rings. The van der Waals surface area contributed by atoms with Gasteiger partial charge in [-0.05, 0) is 68.1 Å². The van der Waals surface area contributed by atoms with Crippen LogP contribution in [0.15, 0.2) is 66.7 Å². The summed E-state index contributed by atoms with van der Waals surface area (Å²) in [6.45, 7) is 9.29. The molecule has 3 aromatic carbocycles. The Labute approximate surface area is 236 Å². The van der Waals surface area contributed by atoms with E-state index in [1.165, 1.54) is 0 Å². The molecule has 2 atom stereocenters. The molecule has 2 unspecified atom stereocenters. The highest BCUT2D eigenvalue weighted by molar-refractivity contribution is 5.98. The number of amides is 2. The molecular weight excluding hydrogens is 500 g/mol. The number of carbonyl (C=O) groups excluding carboxylic acids is 2. The van der Waals surface area contributed by atoms with Crippen molar-refractivity contribution in [3.63, 3.8) is 0 Å². The van der Waals surface area contributed by atoms with Gasteiger partial charge in [0.1, 0.15) is 12.4 Å². The maximum Gasteiger partial charge on any atom is 0.247 e. The minimum atomic E-state index is -0.160. The number of ether oxygens (including phenoxy) is 1. The Morgan fingerprint density at radius 1 is 1.10 bits per heavy atom. The molecule has 40 heavy (non-hydrogen) atoms. The van der Waals surface area contributed by atoms with Crippen molar-refractivity contribution in [1.29, 1.82) is 0 Å². The number of aryl methyl sites for hydroxylation is 3. The largest absolute Gasteiger partial charge is 0.383 e. The summed E-state index contributed by atoms with van der Waals surface area (Å²) in [7, 11) is 1.66. The highest BCUT2D eigenvalue weighted by Crippen LogP contribution is 2.34. The lowest BCUT2D eigenvalue weighted by Gasteiger charge is -2.32. The number of anilines is 2. The molecule has 0 bridgehead atoms. The van der Waals surface area contributed by atoms with Gasteiger partial charge in [-0.3, -0.25) is 9.59 Å². The molecule has 1 aliphatic heterocycles. The molecule has 0 spiro atoms. The highest BCUT2D eigenvalue weighted by atomic mass is 16.5. The lowest BCUT2D eigenvalue weighted by atomic mass is 10.0. The summed E-state index contributed by atoms with van der Waals surface area (Å²) in [5.41, 5.74) is 6.87. The maximum absolute atomic E-state index is 14.3. The first-order chi connectivity index (χ1) is 19.3. The molecule has 0 saturated carbocycles. The quantitative estimate of drug-likeness (QED) is 0.270. The van der Waals surface area contributed by atoms with E-state index in [0.29, 0.717) is 19.6 Å². The molecule has 1 fully saturated rings. The Kier molecular flexibility index (Phi) is 8.03. The Bertz CT molecular complexity index is 1540. The van der Waals surface area contributed by atoms with Crippen LogP contribution in [0.1, 0.15) is 48.7 Å². The predicted molar refractivity (Wildman–Crippen MR) is 160 cm³/mol. The summed E-state index contributed by atoms with van der Waals surface area (Å²) in [6, 6.07) is 21.9. The summed E-state index contributed by atoms with van der Waals surface area (Å²) in [6.07, 6.45) is 1.17. The van der Waals surface area contributed by atoms with E-state index in [4.69, 9.17) is 9.72 Å². The van der Waals surface area contributed by atoms with E-state index in [-0.39, 0.29) is 30.3 Å². The highest BCUT2D eigenvalue weighted by Gasteiger charge is 2.36. The first kappa shape index (κ1) is 27.6. The zero-order valence-electron chi connectivity index (χ0n) is 24.1. The van der Waals surface area contributed by atoms with Gasteiger partial charge in [-0.1, -0.05) is 49.4 Å². The van der Waals surface area contributed by atoms with E-state index in [1.807, 2.05) is 82.8 Å². The molecule has 0 aliphatic carbocycles. The molecule has 4 aromatic rings. The predicted octanol–water partition coefficient (Wildman–Crippen LogP) is 5.80. The van der Waals surface area contributed by atoms with Gasteiger partial charge in [-0.15, -0.1) is 0 Å². The average Bonchev–Trinajstić information content (AvgIpc) is 3.50. The van der Waals surface area contributed by atoms with Crippen LogP contribution in [0.2, 0.25) is 0 Å². The fourth-order valence-electron chi connectivity index (χ4n) is 5.97. The van der Waals surface area contributed by atoms with E-state index >= 15 is 0 Å². The van der Waals surface area contributed by atoms with Crippen LogP contribution in [-0.4, -0.2) is 47.7 Å². The average molecular weight is 539 g/mol. The fraction of sp³-hybridized carbons (Fsp3) is 0.364. The Balaban J connectivity index is 1.53. The number of benzene rings is 3. The van der Waals surface area contributed by atoms with Crippen molar-refractivity contribution in [2.24, 2.45) is 0 Å². The van der Waals surface area contributed by atoms with Crippen molar-refractivity contribution < 1.29 is 14.3 Å². The second-order valence-electron chi connectivity index (χ2n) is 10.8. The lowest BCUT2D eigenvalue weighted by Crippen LogP contribution is -2.44. The van der Waals surface area contributed by atoms with E-state index in [0.717, 1.165) is 51.3 Å². The summed E-state index contributed by atoms with van der Waals surface area (Å²) in [5, 5.41) is 0. The molecular formula is C33H38N4O3. The number of hydrogen-bond donors (Lipinski definition) is 0. The number of hydrogen-bond acceptors (Lipinski definition) is 4. The van der Waals surface area contributed by atoms with Crippen LogP contribution in [0.4, 0.5) is 11.4 Å². The third kappa shape index (κ3) is 5.26. The van der Waals surface area contributed by atoms with Crippen LogP contribution in [0.25, 0.3) is 11.0 Å². The minimum Gasteiger partial charge on any atom is -0.383 e. The van der Waals surface area contributed by atoms with E-state index in [9.17, 15) is 9.59 Å². The first-order valence-corrected chi connectivity index (χ1v) is 14.0. The van der Waals surface area contributed by atoms with Crippen molar-refractivity contribution >= 4 is 34.2 Å². The van der Waals surface area contributed by atoms with Gasteiger partial charge in [0.25, 0.3) is 0 Å². The first-order valence-electron chi connectivity index (χ1n) is 14.0. The third-order valence-electron chi connectivity index (χ3n) is 7.84. The van der Waals surface area contributed by atoms with Crippen molar-refractivity contribution in [1.82, 2.24) is 9.55 Å². The van der Waals surface area contributed by atoms with Crippen molar-refractivity contribution in [2.45, 2.75) is 59.0 Å². The molecule has 0 radical (unpaired) electrons. The Morgan fingerprint density at radius 3 is 2.62 bits per heavy atom. The van der Waals surface area contributed by atoms with Gasteiger partial charge >= 0.3 is 0 Å². The summed E-state index contributed by atoms with van der Waals surface area (Å²) >= 11 is 0. The van der Waals surface area contributed by atoms with Gasteiger partial charge in [-0.25, -0.2) is 4.98 Å². The van der Waals surface area contributed by atoms with Crippen molar-refractivity contribution in [3.8, 4) is 0 Å². The van der Waals surface area contributed by atoms with Crippen molar-refractivity contribution in [3.05, 3.63) is 89.2 Å². The van der Waals surface area contributed by atoms with Crippen LogP contribution < -0.4 is 9.80 Å². The zero-order chi connectivity index (χ0) is 28.4. The van der Waals surface area contributed by atoms with E-state index in [1.54, 1.807) is 7.11 Å². The van der Waals surface area contributed by atoms with Gasteiger partial charge in [-0.2, -0.15) is 0 Å². The lowest BCUT2D eigenvalue weighted by molar-refractivity contribution is -0.120. The number of para-hydroxylation sites is 3. The standard InChI is InChI=1S/C33H38N4O3/c1-6-25-13-10-12-23(3)32(25)37(24(4)21-40-5)31(39)20-36-29-16-8-7-15-28(29)34-33(36)26-18-30(38)35(19-26)27-14-9-11-22(2)17-27/h7-17,24,26H,6,18-21H2,1-5H3. The molecule has 208 valence electrons. The monoisotopic (exact) mass is 538 g/mol. The SMILES string of the molecule is CCc1cccc(C)c1N(C(=O)Cn1c(C2CC(=O)N(c3cccc(C)c3)C2)nc2ccccc21)C(C)COC. The molecule has 1 saturated heterocycles. The number of imidazole rings is 1. The van der Waals surface area contributed by atoms with E-state index in [2.05, 4.69) is 26.0 Å². The number of aromatic nitrogens is 2. The molecule has 7 heteroatoms. The van der Waals surface area contributed by atoms with Gasteiger partial charge in [0.15, 0.2) is 0 Å². The Morgan fingerprint density at radius 2 is 1.88 bits per heavy atom. The number of fused-ring (bicyclic) bond motifs is 1. The van der Waals surface area contributed by atoms with Gasteiger partial charge < -0.3 is 19.1 Å². The molecule has 7 nitrogen and oxygen atoms in total. The maximum atomic E-state index is 14.3. The van der Waals surface area contributed by atoms with Crippen LogP contribution >= 0.6 is 0 Å². The normalized spacial score (nSPS) is 16.1. The van der Waals surface area contributed by atoms with Gasteiger partial charge in [0, 0.05) is 31.7 Å². The summed E-state index contributed by atoms with van der Waals surface area (Å²) in [5.74, 6) is 0.696. The molecule has 0 N–H and O–H groups in total. The van der Waals surface area contributed by atoms with Crippen LogP contribution in [0, 0.1) is 13.8 Å². The minimum absolute atomic E-state index is 0.0298. The van der Waals surface area contributed by atoms with Crippen LogP contribution in [0.5, 0.6) is 0 Å². The molecule has 2 heterocycles. The van der Waals surface area contributed by atoms with Gasteiger partial charge in [0.2, 0.25) is 11.8 Å². The fourth-order valence-corrected chi connectivity index (χ4v) is 5.97. The zero-order valence-corrected chi connectivity index (χ0v) is 24.1. The third-order valence-corrected chi connectivity index (χ3v) is 7.84. The number of nitrogens with zero attached hydrogens (tertiary/aromatic N) is 4. The molecule has 1 aromatic heterocycles. The molecule has 5 rings (SSSR count). The topological polar surface area (TPSA) is 67.7 Å². The van der Waals surface area contributed by atoms with Gasteiger partial charge in [0.05, 0.1) is 29.4 Å². The number of carbonyl (C=O) groups is 2. The number of methoxy groups -OCH3 is 1. The van der Waals surface area contributed by atoms with Crippen LogP contribution in [0.3, 0.4) is 0 Å². The Hall–Kier alpha value is -3.97. The summed E-state index contributed by atoms with van der Waals surface area (Å²) < 4.78 is 7.52. The second kappa shape index (κ2) is 11.6. The summed E-state index contributed by atoms with van der Waals surface area (Å²) in [4.78, 5) is 36.2.